The molecule has 1 unspecified atom stereocenters. The van der Waals surface area contributed by atoms with Gasteiger partial charge in [-0.3, -0.25) is 4.99 Å². The number of aliphatic imine (C=N–C) groups is 4. The van der Waals surface area contributed by atoms with Gasteiger partial charge in [0.2, 0.25) is 0 Å². The standard InChI is InChI=1S/C13H11N5O2/c19-13(20)8-1-3-9(4-2-8)14-5-10-11-12(17-6-15-10)18-7-16-11/h1-4,6-7,11,14H,5H2,(H,19,20). The summed E-state index contributed by atoms with van der Waals surface area (Å²) in [6.45, 7) is 0.499. The molecule has 0 aromatic heterocycles. The molecule has 0 saturated carbocycles. The Kier molecular flexibility index (Phi) is 3.08. The Labute approximate surface area is 114 Å². The van der Waals surface area contributed by atoms with Crippen molar-refractivity contribution < 1.29 is 9.90 Å². The van der Waals surface area contributed by atoms with Crippen molar-refractivity contribution >= 4 is 35.9 Å². The van der Waals surface area contributed by atoms with Crippen LogP contribution in [0.25, 0.3) is 0 Å². The minimum Gasteiger partial charge on any atom is -0.478 e. The van der Waals surface area contributed by atoms with Crippen molar-refractivity contribution in [3.8, 4) is 0 Å². The molecule has 0 amide bonds. The molecule has 0 spiro atoms. The van der Waals surface area contributed by atoms with Gasteiger partial charge in [-0.2, -0.15) is 0 Å². The van der Waals surface area contributed by atoms with Crippen LogP contribution in [0.3, 0.4) is 0 Å². The average Bonchev–Trinajstić information content (AvgIpc) is 2.94. The number of amidine groups is 1. The zero-order valence-electron chi connectivity index (χ0n) is 10.4. The zero-order chi connectivity index (χ0) is 13.9. The topological polar surface area (TPSA) is 98.8 Å². The molecular weight excluding hydrogens is 258 g/mol. The molecular formula is C13H11N5O2. The first-order chi connectivity index (χ1) is 9.74. The largest absolute Gasteiger partial charge is 0.478 e. The van der Waals surface area contributed by atoms with Gasteiger partial charge in [-0.05, 0) is 24.3 Å². The van der Waals surface area contributed by atoms with Crippen LogP contribution in [-0.2, 0) is 0 Å². The monoisotopic (exact) mass is 269 g/mol. The lowest BCUT2D eigenvalue weighted by molar-refractivity contribution is 0.0697. The molecule has 7 heteroatoms. The number of nitrogens with zero attached hydrogens (tertiary/aromatic N) is 4. The summed E-state index contributed by atoms with van der Waals surface area (Å²) in [5.74, 6) is -0.288. The number of hydrogen-bond acceptors (Lipinski definition) is 6. The molecule has 7 nitrogen and oxygen atoms in total. The maximum absolute atomic E-state index is 10.8. The normalized spacial score (nSPS) is 19.3. The van der Waals surface area contributed by atoms with E-state index in [4.69, 9.17) is 5.11 Å². The Morgan fingerprint density at radius 2 is 2.00 bits per heavy atom. The van der Waals surface area contributed by atoms with E-state index >= 15 is 0 Å². The SMILES string of the molecule is O=C(O)c1ccc(NCC2=NC=NC3=NC=NC23)cc1. The molecule has 2 N–H and O–H groups in total. The fourth-order valence-electron chi connectivity index (χ4n) is 1.93. The first-order valence-electron chi connectivity index (χ1n) is 6.00. The highest BCUT2D eigenvalue weighted by Crippen LogP contribution is 2.12. The summed E-state index contributed by atoms with van der Waals surface area (Å²) in [5, 5.41) is 12.0. The van der Waals surface area contributed by atoms with Crippen LogP contribution in [0.2, 0.25) is 0 Å². The summed E-state index contributed by atoms with van der Waals surface area (Å²) in [5.41, 5.74) is 1.91. The van der Waals surface area contributed by atoms with Gasteiger partial charge >= 0.3 is 5.97 Å². The van der Waals surface area contributed by atoms with Crippen molar-refractivity contribution in [2.75, 3.05) is 11.9 Å². The molecule has 0 bridgehead atoms. The molecule has 100 valence electrons. The van der Waals surface area contributed by atoms with Gasteiger partial charge in [0.15, 0.2) is 11.9 Å². The van der Waals surface area contributed by atoms with Crippen LogP contribution < -0.4 is 5.32 Å². The Morgan fingerprint density at radius 3 is 2.75 bits per heavy atom. The van der Waals surface area contributed by atoms with E-state index < -0.39 is 5.97 Å². The average molecular weight is 269 g/mol. The van der Waals surface area contributed by atoms with Gasteiger partial charge in [-0.25, -0.2) is 19.8 Å². The number of benzene rings is 1. The van der Waals surface area contributed by atoms with E-state index in [0.29, 0.717) is 12.4 Å². The van der Waals surface area contributed by atoms with Gasteiger partial charge < -0.3 is 10.4 Å². The van der Waals surface area contributed by atoms with Crippen LogP contribution in [0.1, 0.15) is 10.4 Å². The fourth-order valence-corrected chi connectivity index (χ4v) is 1.93. The van der Waals surface area contributed by atoms with E-state index in [1.807, 2.05) is 0 Å². The number of carbonyl (C=O) groups is 1. The molecule has 0 radical (unpaired) electrons. The number of nitrogens with one attached hydrogen (secondary N) is 1. The van der Waals surface area contributed by atoms with E-state index in [0.717, 1.165) is 11.4 Å². The molecule has 0 saturated heterocycles. The van der Waals surface area contributed by atoms with Crippen molar-refractivity contribution in [2.45, 2.75) is 6.04 Å². The highest BCUT2D eigenvalue weighted by Gasteiger charge is 2.25. The van der Waals surface area contributed by atoms with Gasteiger partial charge in [0.1, 0.15) is 12.7 Å². The summed E-state index contributed by atoms with van der Waals surface area (Å²) in [6, 6.07) is 6.33. The summed E-state index contributed by atoms with van der Waals surface area (Å²) in [7, 11) is 0. The summed E-state index contributed by atoms with van der Waals surface area (Å²) >= 11 is 0. The molecule has 1 aromatic carbocycles. The lowest BCUT2D eigenvalue weighted by atomic mass is 10.1. The van der Waals surface area contributed by atoms with Gasteiger partial charge in [0, 0.05) is 5.69 Å². The number of fused-ring (bicyclic) bond motifs is 1. The predicted molar refractivity (Wildman–Crippen MR) is 77.5 cm³/mol. The summed E-state index contributed by atoms with van der Waals surface area (Å²) in [6.07, 6.45) is 2.95. The van der Waals surface area contributed by atoms with Crippen molar-refractivity contribution in [1.82, 2.24) is 0 Å². The number of carboxylic acid groups (broad SMARTS) is 1. The number of rotatable bonds is 4. The molecule has 1 aromatic rings. The van der Waals surface area contributed by atoms with Crippen LogP contribution in [0.15, 0.2) is 44.2 Å². The maximum atomic E-state index is 10.8. The third-order valence-electron chi connectivity index (χ3n) is 2.98. The van der Waals surface area contributed by atoms with Crippen molar-refractivity contribution in [2.24, 2.45) is 20.0 Å². The molecule has 3 rings (SSSR count). The quantitative estimate of drug-likeness (QED) is 0.855. The van der Waals surface area contributed by atoms with E-state index in [1.54, 1.807) is 24.3 Å². The van der Waals surface area contributed by atoms with Gasteiger partial charge in [-0.15, -0.1) is 0 Å². The van der Waals surface area contributed by atoms with Crippen molar-refractivity contribution in [3.63, 3.8) is 0 Å². The Balaban J connectivity index is 1.66. The van der Waals surface area contributed by atoms with Crippen LogP contribution in [0.4, 0.5) is 5.69 Å². The number of carboxylic acids is 1. The van der Waals surface area contributed by atoms with E-state index in [9.17, 15) is 4.79 Å². The molecule has 2 aliphatic rings. The first kappa shape index (κ1) is 12.2. The molecule has 0 fully saturated rings. The van der Waals surface area contributed by atoms with Crippen LogP contribution in [0.5, 0.6) is 0 Å². The minimum absolute atomic E-state index is 0.203. The Bertz CT molecular complexity index is 658. The van der Waals surface area contributed by atoms with Crippen molar-refractivity contribution in [1.29, 1.82) is 0 Å². The second-order valence-electron chi connectivity index (χ2n) is 4.26. The Morgan fingerprint density at radius 1 is 1.20 bits per heavy atom. The number of hydrogen-bond donors (Lipinski definition) is 2. The minimum atomic E-state index is -0.939. The van der Waals surface area contributed by atoms with Crippen LogP contribution in [-0.4, -0.2) is 47.9 Å². The van der Waals surface area contributed by atoms with E-state index in [-0.39, 0.29) is 11.6 Å². The first-order valence-corrected chi connectivity index (χ1v) is 6.00. The third kappa shape index (κ3) is 2.33. The molecule has 20 heavy (non-hydrogen) atoms. The highest BCUT2D eigenvalue weighted by atomic mass is 16.4. The van der Waals surface area contributed by atoms with E-state index in [2.05, 4.69) is 25.3 Å². The lowest BCUT2D eigenvalue weighted by Gasteiger charge is -2.15. The number of aromatic carboxylic acids is 1. The highest BCUT2D eigenvalue weighted by molar-refractivity contribution is 6.21. The molecule has 0 aliphatic carbocycles. The van der Waals surface area contributed by atoms with E-state index in [1.165, 1.54) is 12.7 Å². The summed E-state index contributed by atoms with van der Waals surface area (Å²) in [4.78, 5) is 27.3. The zero-order valence-corrected chi connectivity index (χ0v) is 10.4. The molecule has 2 aliphatic heterocycles. The predicted octanol–water partition coefficient (Wildman–Crippen LogP) is 1.09. The van der Waals surface area contributed by atoms with Gasteiger partial charge in [0.05, 0.1) is 17.8 Å². The molecule has 2 heterocycles. The number of anilines is 1. The van der Waals surface area contributed by atoms with Gasteiger partial charge in [0.25, 0.3) is 0 Å². The lowest BCUT2D eigenvalue weighted by Crippen LogP contribution is -2.33. The summed E-state index contributed by atoms with van der Waals surface area (Å²) < 4.78 is 0. The second kappa shape index (κ2) is 5.04. The maximum Gasteiger partial charge on any atom is 0.335 e. The van der Waals surface area contributed by atoms with Gasteiger partial charge in [-0.1, -0.05) is 0 Å². The third-order valence-corrected chi connectivity index (χ3v) is 2.98. The smallest absolute Gasteiger partial charge is 0.335 e. The molecule has 1 atom stereocenters. The fraction of sp³-hybridized carbons (Fsp3) is 0.154. The second-order valence-corrected chi connectivity index (χ2v) is 4.26. The van der Waals surface area contributed by atoms with Crippen LogP contribution in [0, 0.1) is 0 Å². The Hall–Kier alpha value is -2.83. The van der Waals surface area contributed by atoms with Crippen molar-refractivity contribution in [3.05, 3.63) is 29.8 Å². The van der Waals surface area contributed by atoms with Crippen LogP contribution >= 0.6 is 0 Å².